The Bertz CT molecular complexity index is 807. The topological polar surface area (TPSA) is 63.6 Å². The number of hydrogen-bond acceptors (Lipinski definition) is 3. The molecule has 5 heteroatoms. The largest absolute Gasteiger partial charge is 0.329 e. The van der Waals surface area contributed by atoms with Crippen LogP contribution >= 0.6 is 0 Å². The van der Waals surface area contributed by atoms with Crippen LogP contribution in [0.2, 0.25) is 0 Å². The van der Waals surface area contributed by atoms with Crippen molar-refractivity contribution in [3.63, 3.8) is 0 Å². The van der Waals surface area contributed by atoms with Gasteiger partial charge in [0.15, 0.2) is 11.3 Å². The Hall–Kier alpha value is -2.09. The number of hydrogen-bond donors (Lipinski definition) is 1. The maximum atomic E-state index is 12.2. The zero-order chi connectivity index (χ0) is 16.9. The van der Waals surface area contributed by atoms with E-state index in [1.165, 1.54) is 6.20 Å². The SMILES string of the molecule is [2H]C([2H])(C)C([2H])(n1c(=O)[nH]c2ncc(C#C)nc21)C([2H])([2H])C. The first-order valence-electron chi connectivity index (χ1n) is 7.38. The fourth-order valence-electron chi connectivity index (χ4n) is 1.50. The van der Waals surface area contributed by atoms with Crippen LogP contribution in [0.3, 0.4) is 0 Å². The number of nitrogens with zero attached hydrogens (tertiary/aromatic N) is 3. The van der Waals surface area contributed by atoms with Gasteiger partial charge in [-0.3, -0.25) is 9.55 Å². The minimum Gasteiger partial charge on any atom is -0.289 e. The van der Waals surface area contributed by atoms with Gasteiger partial charge in [0.1, 0.15) is 5.69 Å². The summed E-state index contributed by atoms with van der Waals surface area (Å²) < 4.78 is 40.5. The maximum Gasteiger partial charge on any atom is 0.329 e. The molecule has 2 rings (SSSR count). The smallest absolute Gasteiger partial charge is 0.289 e. The van der Waals surface area contributed by atoms with Crippen LogP contribution in [0, 0.1) is 12.3 Å². The molecule has 1 N–H and O–H groups in total. The number of aromatic amines is 1. The zero-order valence-corrected chi connectivity index (χ0v) is 9.40. The Morgan fingerprint density at radius 1 is 1.71 bits per heavy atom. The molecule has 0 unspecified atom stereocenters. The van der Waals surface area contributed by atoms with Crippen LogP contribution in [0.15, 0.2) is 11.0 Å². The van der Waals surface area contributed by atoms with Crippen molar-refractivity contribution in [2.45, 2.75) is 32.6 Å². The maximum absolute atomic E-state index is 12.2. The Balaban J connectivity index is 2.96. The molecule has 0 aliphatic heterocycles. The van der Waals surface area contributed by atoms with Crippen molar-refractivity contribution < 1.29 is 6.85 Å². The van der Waals surface area contributed by atoms with Gasteiger partial charge in [0.2, 0.25) is 0 Å². The predicted molar refractivity (Wildman–Crippen MR) is 65.7 cm³/mol. The molecule has 0 atom stereocenters. The molecule has 17 heavy (non-hydrogen) atoms. The molecule has 0 spiro atoms. The summed E-state index contributed by atoms with van der Waals surface area (Å²) in [6.07, 6.45) is 1.70. The van der Waals surface area contributed by atoms with Gasteiger partial charge in [0, 0.05) is 11.5 Å². The third-order valence-electron chi connectivity index (χ3n) is 2.24. The van der Waals surface area contributed by atoms with E-state index in [9.17, 15) is 4.79 Å². The summed E-state index contributed by atoms with van der Waals surface area (Å²) in [6, 6.07) is -2.57. The monoisotopic (exact) mass is 235 g/mol. The average molecular weight is 235 g/mol. The molecule has 0 aliphatic carbocycles. The molecule has 0 fully saturated rings. The molecule has 0 amide bonds. The first-order chi connectivity index (χ1) is 9.93. The van der Waals surface area contributed by atoms with E-state index in [0.29, 0.717) is 4.57 Å². The second-order valence-corrected chi connectivity index (χ2v) is 3.19. The van der Waals surface area contributed by atoms with Gasteiger partial charge in [-0.1, -0.05) is 13.8 Å². The van der Waals surface area contributed by atoms with Crippen LogP contribution in [-0.4, -0.2) is 19.5 Å². The Labute approximate surface area is 106 Å². The lowest BCUT2D eigenvalue weighted by Gasteiger charge is -2.13. The van der Waals surface area contributed by atoms with Crippen molar-refractivity contribution in [3.05, 3.63) is 22.4 Å². The highest BCUT2D eigenvalue weighted by atomic mass is 16.1. The molecule has 2 aromatic heterocycles. The van der Waals surface area contributed by atoms with Crippen molar-refractivity contribution in [3.8, 4) is 12.3 Å². The summed E-state index contributed by atoms with van der Waals surface area (Å²) in [7, 11) is 0. The molecule has 0 radical (unpaired) electrons. The van der Waals surface area contributed by atoms with Gasteiger partial charge in [0.05, 0.1) is 7.57 Å². The summed E-state index contributed by atoms with van der Waals surface area (Å²) in [5.74, 6) is 2.23. The molecule has 0 bridgehead atoms. The van der Waals surface area contributed by atoms with E-state index in [-0.39, 0.29) is 17.0 Å². The minimum absolute atomic E-state index is 0.00845. The molecule has 2 heterocycles. The molecular weight excluding hydrogens is 216 g/mol. The molecule has 0 saturated heterocycles. The fourth-order valence-corrected chi connectivity index (χ4v) is 1.50. The third-order valence-corrected chi connectivity index (χ3v) is 2.24. The van der Waals surface area contributed by atoms with Crippen LogP contribution in [0.25, 0.3) is 11.3 Å². The summed E-state index contributed by atoms with van der Waals surface area (Å²) in [5, 5.41) is 0. The fraction of sp³-hybridized carbons (Fsp3) is 0.417. The van der Waals surface area contributed by atoms with Crippen LogP contribution in [0.1, 0.15) is 45.2 Å². The number of terminal acetylenes is 1. The van der Waals surface area contributed by atoms with E-state index in [0.717, 1.165) is 13.8 Å². The number of fused-ring (bicyclic) bond motifs is 1. The highest BCUT2D eigenvalue weighted by Gasteiger charge is 2.16. The van der Waals surface area contributed by atoms with Gasteiger partial charge >= 0.3 is 5.69 Å². The average Bonchev–Trinajstić information content (AvgIpc) is 2.70. The molecule has 0 saturated carbocycles. The second-order valence-electron chi connectivity index (χ2n) is 3.19. The van der Waals surface area contributed by atoms with Gasteiger partial charge in [-0.15, -0.1) is 6.42 Å². The van der Waals surface area contributed by atoms with Crippen molar-refractivity contribution in [2.75, 3.05) is 0 Å². The van der Waals surface area contributed by atoms with Crippen molar-refractivity contribution in [1.29, 1.82) is 0 Å². The number of imidazole rings is 1. The highest BCUT2D eigenvalue weighted by Crippen LogP contribution is 2.17. The summed E-state index contributed by atoms with van der Waals surface area (Å²) in [4.78, 5) is 22.4. The quantitative estimate of drug-likeness (QED) is 0.819. The van der Waals surface area contributed by atoms with Crippen molar-refractivity contribution >= 4 is 11.3 Å². The lowest BCUT2D eigenvalue weighted by Crippen LogP contribution is -2.21. The molecule has 5 nitrogen and oxygen atoms in total. The minimum atomic E-state index is -2.57. The first-order valence-corrected chi connectivity index (χ1v) is 4.88. The predicted octanol–water partition coefficient (Wildman–Crippen LogP) is 1.46. The summed E-state index contributed by atoms with van der Waals surface area (Å²) in [5.41, 5.74) is -0.937. The third kappa shape index (κ3) is 1.82. The number of aromatic nitrogens is 4. The number of nitrogens with one attached hydrogen (secondary N) is 1. The number of rotatable bonds is 3. The number of H-pyrrole nitrogens is 1. The highest BCUT2D eigenvalue weighted by molar-refractivity contribution is 5.66. The molecule has 0 aromatic carbocycles. The van der Waals surface area contributed by atoms with Gasteiger partial charge in [-0.25, -0.2) is 14.8 Å². The Morgan fingerprint density at radius 3 is 3.00 bits per heavy atom. The Kier molecular flexibility index (Phi) is 1.71. The molecule has 0 aliphatic rings. The van der Waals surface area contributed by atoms with E-state index >= 15 is 0 Å². The zero-order valence-electron chi connectivity index (χ0n) is 14.4. The normalized spacial score (nSPS) is 17.6. The van der Waals surface area contributed by atoms with E-state index in [2.05, 4.69) is 20.9 Å². The van der Waals surface area contributed by atoms with E-state index in [4.69, 9.17) is 13.3 Å². The summed E-state index contributed by atoms with van der Waals surface area (Å²) in [6.45, 7) is 2.07. The van der Waals surface area contributed by atoms with Crippen molar-refractivity contribution in [1.82, 2.24) is 19.5 Å². The van der Waals surface area contributed by atoms with Gasteiger partial charge < -0.3 is 0 Å². The van der Waals surface area contributed by atoms with E-state index < -0.39 is 24.5 Å². The lowest BCUT2D eigenvalue weighted by molar-refractivity contribution is 0.469. The van der Waals surface area contributed by atoms with Crippen molar-refractivity contribution in [2.24, 2.45) is 0 Å². The standard InChI is InChI=1S/C12H14N4O/c1-4-8-7-13-10-11(14-8)16(12(17)15-10)9(5-2)6-3/h1,7,9H,5-6H2,2-3H3,(H,13,15,17)/i5D2,6D2,9D. The van der Waals surface area contributed by atoms with E-state index in [1.807, 2.05) is 0 Å². The van der Waals surface area contributed by atoms with Gasteiger partial charge in [-0.2, -0.15) is 0 Å². The lowest BCUT2D eigenvalue weighted by atomic mass is 10.2. The summed E-state index contributed by atoms with van der Waals surface area (Å²) >= 11 is 0. The van der Waals surface area contributed by atoms with Crippen LogP contribution in [-0.2, 0) is 0 Å². The van der Waals surface area contributed by atoms with Crippen LogP contribution in [0.5, 0.6) is 0 Å². The second kappa shape index (κ2) is 4.42. The van der Waals surface area contributed by atoms with Crippen LogP contribution in [0.4, 0.5) is 0 Å². The van der Waals surface area contributed by atoms with Gasteiger partial charge in [-0.05, 0) is 18.7 Å². The molecule has 2 aromatic rings. The Morgan fingerprint density at radius 2 is 2.41 bits per heavy atom. The first kappa shape index (κ1) is 6.60. The van der Waals surface area contributed by atoms with Crippen LogP contribution < -0.4 is 5.69 Å². The van der Waals surface area contributed by atoms with Gasteiger partial charge in [0.25, 0.3) is 0 Å². The molecule has 88 valence electrons. The molecular formula is C12H14N4O. The van der Waals surface area contributed by atoms with E-state index in [1.54, 1.807) is 0 Å².